The Bertz CT molecular complexity index is 1110. The first kappa shape index (κ1) is 22.6. The molecule has 0 aliphatic heterocycles. The second-order valence-corrected chi connectivity index (χ2v) is 7.96. The van der Waals surface area contributed by atoms with Crippen molar-refractivity contribution in [3.8, 4) is 17.2 Å². The number of benzene rings is 2. The average molecular weight is 488 g/mol. The fourth-order valence-electron chi connectivity index (χ4n) is 3.18. The summed E-state index contributed by atoms with van der Waals surface area (Å²) in [6, 6.07) is 10.8. The SMILES string of the molecule is COc1cccc(NC(=O)N(C)N)c1COc1ccc(-n2nc(C)c(Br)c2C)cc1C. The van der Waals surface area contributed by atoms with E-state index in [1.54, 1.807) is 19.2 Å². The third kappa shape index (κ3) is 4.83. The molecule has 0 atom stereocenters. The van der Waals surface area contributed by atoms with Gasteiger partial charge in [-0.05, 0) is 72.6 Å². The van der Waals surface area contributed by atoms with Crippen LogP contribution in [-0.4, -0.2) is 35.0 Å². The van der Waals surface area contributed by atoms with Crippen LogP contribution in [-0.2, 0) is 6.61 Å². The molecule has 3 N–H and O–H groups in total. The molecule has 31 heavy (non-hydrogen) atoms. The topological polar surface area (TPSA) is 94.6 Å². The van der Waals surface area contributed by atoms with Gasteiger partial charge in [0.05, 0.1) is 39.9 Å². The number of carbonyl (C=O) groups is 1. The highest BCUT2D eigenvalue weighted by atomic mass is 79.9. The van der Waals surface area contributed by atoms with E-state index in [4.69, 9.17) is 15.3 Å². The summed E-state index contributed by atoms with van der Waals surface area (Å²) in [6.07, 6.45) is 0. The number of aryl methyl sites for hydroxylation is 2. The van der Waals surface area contributed by atoms with Crippen LogP contribution in [0, 0.1) is 20.8 Å². The lowest BCUT2D eigenvalue weighted by atomic mass is 10.1. The molecule has 0 aliphatic rings. The summed E-state index contributed by atoms with van der Waals surface area (Å²) < 4.78 is 14.4. The first-order chi connectivity index (χ1) is 14.7. The molecule has 0 bridgehead atoms. The standard InChI is InChI=1S/C22H26BrN5O3/c1-13-11-16(28-15(3)21(23)14(2)26-28)9-10-19(13)31-12-17-18(25-22(29)27(4)24)7-6-8-20(17)30-5/h6-11H,12,24H2,1-5H3,(H,25,29). The molecule has 164 valence electrons. The van der Waals surface area contributed by atoms with Crippen LogP contribution in [0.4, 0.5) is 10.5 Å². The molecular weight excluding hydrogens is 462 g/mol. The molecule has 0 saturated heterocycles. The van der Waals surface area contributed by atoms with Crippen LogP contribution in [0.15, 0.2) is 40.9 Å². The van der Waals surface area contributed by atoms with Crippen LogP contribution in [0.3, 0.4) is 0 Å². The highest BCUT2D eigenvalue weighted by Crippen LogP contribution is 2.30. The third-order valence-electron chi connectivity index (χ3n) is 4.89. The summed E-state index contributed by atoms with van der Waals surface area (Å²) >= 11 is 3.57. The van der Waals surface area contributed by atoms with Gasteiger partial charge in [0.2, 0.25) is 0 Å². The molecule has 8 nitrogen and oxygen atoms in total. The minimum absolute atomic E-state index is 0.208. The summed E-state index contributed by atoms with van der Waals surface area (Å²) in [5, 5.41) is 8.32. The molecule has 9 heteroatoms. The molecule has 0 saturated carbocycles. The molecule has 0 aliphatic carbocycles. The molecule has 0 unspecified atom stereocenters. The number of nitrogens with zero attached hydrogens (tertiary/aromatic N) is 3. The Morgan fingerprint density at radius 3 is 2.55 bits per heavy atom. The number of aromatic nitrogens is 2. The summed E-state index contributed by atoms with van der Waals surface area (Å²) in [5.74, 6) is 6.86. The number of hydrogen-bond donors (Lipinski definition) is 2. The number of ether oxygens (including phenoxy) is 2. The van der Waals surface area contributed by atoms with Gasteiger partial charge >= 0.3 is 6.03 Å². The summed E-state index contributed by atoms with van der Waals surface area (Å²) in [5.41, 5.74) is 5.17. The number of amides is 2. The lowest BCUT2D eigenvalue weighted by Gasteiger charge is -2.18. The number of anilines is 1. The van der Waals surface area contributed by atoms with E-state index in [2.05, 4.69) is 26.3 Å². The first-order valence-corrected chi connectivity index (χ1v) is 10.4. The maximum absolute atomic E-state index is 12.0. The highest BCUT2D eigenvalue weighted by molar-refractivity contribution is 9.10. The number of methoxy groups -OCH3 is 1. The van der Waals surface area contributed by atoms with Gasteiger partial charge in [0, 0.05) is 7.05 Å². The Morgan fingerprint density at radius 1 is 1.23 bits per heavy atom. The maximum Gasteiger partial charge on any atom is 0.335 e. The van der Waals surface area contributed by atoms with Gasteiger partial charge in [0.25, 0.3) is 0 Å². The van der Waals surface area contributed by atoms with Gasteiger partial charge in [0.1, 0.15) is 18.1 Å². The van der Waals surface area contributed by atoms with Crippen molar-refractivity contribution in [2.75, 3.05) is 19.5 Å². The first-order valence-electron chi connectivity index (χ1n) is 9.63. The molecular formula is C22H26BrN5O3. The van der Waals surface area contributed by atoms with Gasteiger partial charge in [-0.25, -0.2) is 15.3 Å². The average Bonchev–Trinajstić information content (AvgIpc) is 3.00. The minimum Gasteiger partial charge on any atom is -0.496 e. The van der Waals surface area contributed by atoms with Crippen molar-refractivity contribution < 1.29 is 14.3 Å². The van der Waals surface area contributed by atoms with E-state index in [1.807, 2.05) is 49.7 Å². The van der Waals surface area contributed by atoms with Crippen molar-refractivity contribution in [3.05, 3.63) is 63.4 Å². The van der Waals surface area contributed by atoms with Crippen molar-refractivity contribution in [3.63, 3.8) is 0 Å². The van der Waals surface area contributed by atoms with Gasteiger partial charge < -0.3 is 14.8 Å². The summed E-state index contributed by atoms with van der Waals surface area (Å²) in [7, 11) is 3.05. The Hall–Kier alpha value is -3.04. The van der Waals surface area contributed by atoms with Crippen LogP contribution in [0.5, 0.6) is 11.5 Å². The normalized spacial score (nSPS) is 10.7. The largest absolute Gasteiger partial charge is 0.496 e. The van der Waals surface area contributed by atoms with E-state index >= 15 is 0 Å². The molecule has 2 aromatic carbocycles. The van der Waals surface area contributed by atoms with E-state index < -0.39 is 6.03 Å². The van der Waals surface area contributed by atoms with E-state index in [1.165, 1.54) is 7.05 Å². The molecule has 0 spiro atoms. The predicted molar refractivity (Wildman–Crippen MR) is 124 cm³/mol. The van der Waals surface area contributed by atoms with E-state index in [-0.39, 0.29) is 6.61 Å². The monoisotopic (exact) mass is 487 g/mol. The van der Waals surface area contributed by atoms with Gasteiger partial charge in [-0.3, -0.25) is 5.01 Å². The van der Waals surface area contributed by atoms with Crippen molar-refractivity contribution in [2.45, 2.75) is 27.4 Å². The van der Waals surface area contributed by atoms with Crippen LogP contribution < -0.4 is 20.6 Å². The number of hydrazine groups is 1. The van der Waals surface area contributed by atoms with Crippen LogP contribution in [0.2, 0.25) is 0 Å². The number of nitrogens with one attached hydrogen (secondary N) is 1. The molecule has 0 fully saturated rings. The van der Waals surface area contributed by atoms with E-state index in [0.29, 0.717) is 17.0 Å². The van der Waals surface area contributed by atoms with Crippen molar-refractivity contribution >= 4 is 27.6 Å². The fourth-order valence-corrected chi connectivity index (χ4v) is 3.43. The number of hydrogen-bond acceptors (Lipinski definition) is 5. The molecule has 1 heterocycles. The van der Waals surface area contributed by atoms with Crippen LogP contribution in [0.1, 0.15) is 22.5 Å². The Morgan fingerprint density at radius 2 is 1.97 bits per heavy atom. The second-order valence-electron chi connectivity index (χ2n) is 7.16. The number of urea groups is 1. The zero-order chi connectivity index (χ0) is 22.7. The smallest absolute Gasteiger partial charge is 0.335 e. The van der Waals surface area contributed by atoms with Gasteiger partial charge in [0.15, 0.2) is 0 Å². The van der Waals surface area contributed by atoms with E-state index in [0.717, 1.165) is 37.9 Å². The number of nitrogens with two attached hydrogens (primary N) is 1. The van der Waals surface area contributed by atoms with Gasteiger partial charge in [-0.15, -0.1) is 0 Å². The Kier molecular flexibility index (Phi) is 6.87. The summed E-state index contributed by atoms with van der Waals surface area (Å²) in [6.45, 7) is 6.16. The van der Waals surface area contributed by atoms with Crippen molar-refractivity contribution in [1.82, 2.24) is 14.8 Å². The molecule has 3 rings (SSSR count). The van der Waals surface area contributed by atoms with E-state index in [9.17, 15) is 4.79 Å². The highest BCUT2D eigenvalue weighted by Gasteiger charge is 2.15. The van der Waals surface area contributed by atoms with Crippen LogP contribution >= 0.6 is 15.9 Å². The molecule has 0 radical (unpaired) electrons. The Labute approximate surface area is 190 Å². The fraction of sp³-hybridized carbons (Fsp3) is 0.273. The van der Waals surface area contributed by atoms with Crippen LogP contribution in [0.25, 0.3) is 5.69 Å². The lowest BCUT2D eigenvalue weighted by molar-refractivity contribution is 0.223. The number of rotatable bonds is 6. The van der Waals surface area contributed by atoms with Crippen molar-refractivity contribution in [2.24, 2.45) is 5.84 Å². The van der Waals surface area contributed by atoms with Gasteiger partial charge in [-0.2, -0.15) is 5.10 Å². The Balaban J connectivity index is 1.84. The second kappa shape index (κ2) is 9.40. The lowest BCUT2D eigenvalue weighted by Crippen LogP contribution is -2.37. The third-order valence-corrected chi connectivity index (χ3v) is 6.04. The summed E-state index contributed by atoms with van der Waals surface area (Å²) in [4.78, 5) is 12.0. The minimum atomic E-state index is -0.439. The molecule has 3 aromatic rings. The zero-order valence-electron chi connectivity index (χ0n) is 18.2. The molecule has 2 amide bonds. The quantitative estimate of drug-likeness (QED) is 0.303. The van der Waals surface area contributed by atoms with Gasteiger partial charge in [-0.1, -0.05) is 6.07 Å². The van der Waals surface area contributed by atoms with Crippen molar-refractivity contribution in [1.29, 1.82) is 0 Å². The number of halogens is 1. The maximum atomic E-state index is 12.0. The zero-order valence-corrected chi connectivity index (χ0v) is 19.8. The molecule has 1 aromatic heterocycles. The predicted octanol–water partition coefficient (Wildman–Crippen LogP) is 4.49. The number of carbonyl (C=O) groups excluding carboxylic acids is 1.